The van der Waals surface area contributed by atoms with E-state index in [-0.39, 0.29) is 42.2 Å². The van der Waals surface area contributed by atoms with Crippen LogP contribution in [0.3, 0.4) is 0 Å². The second-order valence-electron chi connectivity index (χ2n) is 12.9. The Hall–Kier alpha value is -2.19. The fourth-order valence-corrected chi connectivity index (χ4v) is 8.73. The highest BCUT2D eigenvalue weighted by Crippen LogP contribution is 2.66. The van der Waals surface area contributed by atoms with Crippen molar-refractivity contribution in [2.75, 3.05) is 31.6 Å². The third-order valence-corrected chi connectivity index (χ3v) is 8.98. The minimum absolute atomic E-state index is 0.0347. The number of benzene rings is 1. The summed E-state index contributed by atoms with van der Waals surface area (Å²) >= 11 is 0. The molecule has 1 saturated heterocycles. The smallest absolute Gasteiger partial charge is 0.319 e. The molecule has 4 aliphatic carbocycles. The molecule has 4 bridgehead atoms. The Balaban J connectivity index is 1.17. The van der Waals surface area contributed by atoms with Gasteiger partial charge in [0.25, 0.3) is 0 Å². The first-order valence-electron chi connectivity index (χ1n) is 13.6. The normalized spacial score (nSPS) is 35.4. The number of hydrogen-bond donors (Lipinski definition) is 4. The van der Waals surface area contributed by atoms with Crippen molar-refractivity contribution in [3.63, 3.8) is 0 Å². The molecule has 4 N–H and O–H groups in total. The second kappa shape index (κ2) is 9.60. The van der Waals surface area contributed by atoms with E-state index in [9.17, 15) is 14.0 Å². The number of rotatable bonds is 7. The first kappa shape index (κ1) is 25.5. The van der Waals surface area contributed by atoms with Gasteiger partial charge in [-0.15, -0.1) is 0 Å². The lowest BCUT2D eigenvalue weighted by Crippen LogP contribution is -2.65. The van der Waals surface area contributed by atoms with Crippen LogP contribution in [0.15, 0.2) is 18.2 Å². The lowest BCUT2D eigenvalue weighted by Gasteiger charge is -2.65. The summed E-state index contributed by atoms with van der Waals surface area (Å²) in [4.78, 5) is 27.4. The van der Waals surface area contributed by atoms with Crippen molar-refractivity contribution in [2.45, 2.75) is 77.3 Å². The van der Waals surface area contributed by atoms with Crippen molar-refractivity contribution in [1.29, 1.82) is 0 Å². The maximum Gasteiger partial charge on any atom is 0.319 e. The number of piperidine rings is 1. The van der Waals surface area contributed by atoms with Gasteiger partial charge in [0.1, 0.15) is 5.82 Å². The fourth-order valence-electron chi connectivity index (χ4n) is 8.73. The molecule has 0 spiro atoms. The molecule has 5 fully saturated rings. The van der Waals surface area contributed by atoms with Crippen LogP contribution in [0.25, 0.3) is 0 Å². The molecule has 1 aliphatic heterocycles. The average molecular weight is 501 g/mol. The fraction of sp³-hybridized carbons (Fsp3) is 0.714. The number of aliphatic hydroxyl groups excluding tert-OH is 1. The predicted molar refractivity (Wildman–Crippen MR) is 137 cm³/mol. The largest absolute Gasteiger partial charge is 0.395 e. The number of anilines is 1. The van der Waals surface area contributed by atoms with E-state index in [1.807, 2.05) is 6.07 Å². The summed E-state index contributed by atoms with van der Waals surface area (Å²) in [6.07, 6.45) is 8.53. The van der Waals surface area contributed by atoms with Crippen molar-refractivity contribution in [3.05, 3.63) is 29.6 Å². The standard InChI is InChI=1S/C28H41FN4O3/c1-26-11-20-12-27(2,16-26)18-28(13-20,17-26)32-25(36)31-23-6-5-19(10-22(23)29)14-33-8-3-4-21(15-33)24(35)30-7-9-34/h5-6,10,20-21,34H,3-4,7-9,11-18H2,1-2H3,(H,30,35)(H2,31,32,36)/t20?,21?,26-,27+,28?. The highest BCUT2D eigenvalue weighted by Gasteiger charge is 2.60. The zero-order valence-electron chi connectivity index (χ0n) is 21.7. The lowest BCUT2D eigenvalue weighted by molar-refractivity contribution is -0.126. The van der Waals surface area contributed by atoms with E-state index in [0.717, 1.165) is 44.2 Å². The Morgan fingerprint density at radius 1 is 1.14 bits per heavy atom. The van der Waals surface area contributed by atoms with Crippen molar-refractivity contribution in [3.8, 4) is 0 Å². The quantitative estimate of drug-likeness (QED) is 0.455. The van der Waals surface area contributed by atoms with Gasteiger partial charge in [-0.25, -0.2) is 9.18 Å². The number of amides is 3. The summed E-state index contributed by atoms with van der Waals surface area (Å²) in [6, 6.07) is 4.66. The highest BCUT2D eigenvalue weighted by molar-refractivity contribution is 5.90. The van der Waals surface area contributed by atoms with Crippen molar-refractivity contribution >= 4 is 17.6 Å². The van der Waals surface area contributed by atoms with Crippen LogP contribution in [-0.2, 0) is 11.3 Å². The first-order chi connectivity index (χ1) is 17.1. The van der Waals surface area contributed by atoms with E-state index in [4.69, 9.17) is 5.11 Å². The summed E-state index contributed by atoms with van der Waals surface area (Å²) in [6.45, 7) is 6.96. The van der Waals surface area contributed by atoms with Crippen LogP contribution in [0.2, 0.25) is 0 Å². The average Bonchev–Trinajstić information content (AvgIpc) is 2.76. The van der Waals surface area contributed by atoms with Gasteiger partial charge < -0.3 is 21.1 Å². The Kier molecular flexibility index (Phi) is 6.79. The van der Waals surface area contributed by atoms with Crippen LogP contribution >= 0.6 is 0 Å². The molecule has 3 unspecified atom stereocenters. The van der Waals surface area contributed by atoms with E-state index >= 15 is 0 Å². The number of carbonyl (C=O) groups is 2. The molecule has 3 amide bonds. The van der Waals surface area contributed by atoms with E-state index < -0.39 is 5.82 Å². The number of nitrogens with zero attached hydrogens (tertiary/aromatic N) is 1. The molecule has 1 aromatic carbocycles. The predicted octanol–water partition coefficient (Wildman–Crippen LogP) is 4.02. The third-order valence-electron chi connectivity index (χ3n) is 8.98. The number of hydrogen-bond acceptors (Lipinski definition) is 4. The molecule has 8 heteroatoms. The molecule has 1 aromatic rings. The number of halogens is 1. The molecule has 5 atom stereocenters. The van der Waals surface area contributed by atoms with Gasteiger partial charge in [-0.1, -0.05) is 19.9 Å². The molecule has 1 heterocycles. The highest BCUT2D eigenvalue weighted by atomic mass is 19.1. The van der Waals surface area contributed by atoms with E-state index in [1.54, 1.807) is 6.07 Å². The summed E-state index contributed by atoms with van der Waals surface area (Å²) < 4.78 is 15.0. The van der Waals surface area contributed by atoms with Gasteiger partial charge in [0.15, 0.2) is 0 Å². The summed E-state index contributed by atoms with van der Waals surface area (Å²) in [7, 11) is 0. The van der Waals surface area contributed by atoms with Gasteiger partial charge in [-0.3, -0.25) is 9.69 Å². The Morgan fingerprint density at radius 2 is 1.89 bits per heavy atom. The van der Waals surface area contributed by atoms with Crippen LogP contribution in [0.5, 0.6) is 0 Å². The number of nitrogens with one attached hydrogen (secondary N) is 3. The number of likely N-dealkylation sites (tertiary alicyclic amines) is 1. The molecular formula is C28H41FN4O3. The van der Waals surface area contributed by atoms with Gasteiger partial charge in [0, 0.05) is 25.2 Å². The SMILES string of the molecule is C[C@]12CC3CC(NC(=O)Nc4ccc(CN5CCCC(C(=O)NCCO)C5)cc4F)(C1)C[C@@](C)(C3)C2. The monoisotopic (exact) mass is 500 g/mol. The van der Waals surface area contributed by atoms with Crippen LogP contribution in [-0.4, -0.2) is 53.7 Å². The molecular weight excluding hydrogens is 459 g/mol. The minimum atomic E-state index is -0.443. The molecule has 7 nitrogen and oxygen atoms in total. The maximum atomic E-state index is 15.0. The Bertz CT molecular complexity index is 999. The molecule has 6 rings (SSSR count). The summed E-state index contributed by atoms with van der Waals surface area (Å²) in [5.74, 6) is 0.0745. The van der Waals surface area contributed by atoms with E-state index in [2.05, 4.69) is 34.7 Å². The topological polar surface area (TPSA) is 93.7 Å². The Morgan fingerprint density at radius 3 is 2.56 bits per heavy atom. The zero-order valence-corrected chi connectivity index (χ0v) is 21.7. The van der Waals surface area contributed by atoms with Crippen molar-refractivity contribution in [1.82, 2.24) is 15.5 Å². The molecule has 0 radical (unpaired) electrons. The van der Waals surface area contributed by atoms with Gasteiger partial charge >= 0.3 is 6.03 Å². The zero-order chi connectivity index (χ0) is 25.6. The first-order valence-corrected chi connectivity index (χ1v) is 13.6. The maximum absolute atomic E-state index is 15.0. The number of aliphatic hydroxyl groups is 1. The van der Waals surface area contributed by atoms with Crippen molar-refractivity contribution < 1.29 is 19.1 Å². The number of carbonyl (C=O) groups excluding carboxylic acids is 2. The number of urea groups is 1. The second-order valence-corrected chi connectivity index (χ2v) is 12.9. The molecule has 0 aromatic heterocycles. The lowest BCUT2D eigenvalue weighted by atomic mass is 9.43. The van der Waals surface area contributed by atoms with Crippen LogP contribution < -0.4 is 16.0 Å². The van der Waals surface area contributed by atoms with Crippen LogP contribution in [0.4, 0.5) is 14.9 Å². The van der Waals surface area contributed by atoms with Gasteiger partial charge in [0.05, 0.1) is 18.2 Å². The third kappa shape index (κ3) is 5.40. The minimum Gasteiger partial charge on any atom is -0.395 e. The van der Waals surface area contributed by atoms with Crippen LogP contribution in [0, 0.1) is 28.5 Å². The van der Waals surface area contributed by atoms with Crippen LogP contribution in [0.1, 0.15) is 70.8 Å². The van der Waals surface area contributed by atoms with Gasteiger partial charge in [-0.2, -0.15) is 0 Å². The van der Waals surface area contributed by atoms with Gasteiger partial charge in [-0.05, 0) is 92.4 Å². The Labute approximate surface area is 213 Å². The molecule has 4 saturated carbocycles. The summed E-state index contributed by atoms with van der Waals surface area (Å²) in [5, 5.41) is 17.7. The molecule has 5 aliphatic rings. The van der Waals surface area contributed by atoms with Crippen molar-refractivity contribution in [2.24, 2.45) is 22.7 Å². The molecule has 36 heavy (non-hydrogen) atoms. The van der Waals surface area contributed by atoms with E-state index in [1.165, 1.54) is 25.3 Å². The van der Waals surface area contributed by atoms with E-state index in [0.29, 0.717) is 29.8 Å². The molecule has 198 valence electrons. The summed E-state index contributed by atoms with van der Waals surface area (Å²) in [5.41, 5.74) is 1.41. The van der Waals surface area contributed by atoms with Gasteiger partial charge in [0.2, 0.25) is 5.91 Å².